The van der Waals surface area contributed by atoms with Crippen molar-refractivity contribution in [2.24, 2.45) is 0 Å². The van der Waals surface area contributed by atoms with Gasteiger partial charge in [-0.05, 0) is 61.4 Å². The summed E-state index contributed by atoms with van der Waals surface area (Å²) in [5, 5.41) is 2.74. The molecule has 29 heavy (non-hydrogen) atoms. The minimum atomic E-state index is -3.67. The number of nitrogens with zero attached hydrogens (tertiary/aromatic N) is 1. The van der Waals surface area contributed by atoms with E-state index in [2.05, 4.69) is 5.32 Å². The number of hydrogen-bond acceptors (Lipinski definition) is 4. The van der Waals surface area contributed by atoms with Crippen molar-refractivity contribution >= 4 is 33.4 Å². The average molecular weight is 443 g/mol. The summed E-state index contributed by atoms with van der Waals surface area (Å²) in [6, 6.07) is 8.86. The third-order valence-electron chi connectivity index (χ3n) is 4.57. The summed E-state index contributed by atoms with van der Waals surface area (Å²) < 4.78 is 51.9. The van der Waals surface area contributed by atoms with Crippen molar-refractivity contribution in [1.29, 1.82) is 0 Å². The van der Waals surface area contributed by atoms with Gasteiger partial charge in [0.25, 0.3) is 11.7 Å². The molecule has 0 aliphatic carbocycles. The maximum absolute atomic E-state index is 12.8. The molecule has 0 atom stereocenters. The molecule has 9 heteroatoms. The van der Waals surface area contributed by atoms with Crippen molar-refractivity contribution in [2.45, 2.75) is 43.2 Å². The highest BCUT2D eigenvalue weighted by Gasteiger charge is 2.23. The van der Waals surface area contributed by atoms with E-state index < -0.39 is 21.7 Å². The molecule has 2 aromatic carbocycles. The zero-order valence-electron chi connectivity index (χ0n) is 16.7. The Bertz CT molecular complexity index is 974. The van der Waals surface area contributed by atoms with Crippen LogP contribution >= 0.6 is 11.8 Å². The third kappa shape index (κ3) is 5.55. The SMILES string of the molecule is CCN(CC)S(=O)(=O)c1cc(C)c(C)c(NC(=O)c2ccc(SC(F)F)cc2)c1. The smallest absolute Gasteiger partial charge is 0.288 e. The standard InChI is InChI=1S/C20H24F2N2O3S2/c1-5-24(6-2)29(26,27)17-11-13(3)14(4)18(12-17)23-19(25)15-7-9-16(10-8-15)28-20(21)22/h7-12,20H,5-6H2,1-4H3,(H,23,25). The van der Waals surface area contributed by atoms with E-state index in [1.165, 1.54) is 34.6 Å². The average Bonchev–Trinajstić information content (AvgIpc) is 2.66. The number of alkyl halides is 2. The highest BCUT2D eigenvalue weighted by Crippen LogP contribution is 2.28. The van der Waals surface area contributed by atoms with E-state index in [0.29, 0.717) is 35.4 Å². The molecule has 0 bridgehead atoms. The second-order valence-corrected chi connectivity index (χ2v) is 9.36. The predicted molar refractivity (Wildman–Crippen MR) is 112 cm³/mol. The summed E-state index contributed by atoms with van der Waals surface area (Å²) in [6.07, 6.45) is 0. The second-order valence-electron chi connectivity index (χ2n) is 6.36. The van der Waals surface area contributed by atoms with Gasteiger partial charge in [-0.15, -0.1) is 0 Å². The molecule has 0 spiro atoms. The van der Waals surface area contributed by atoms with Crippen LogP contribution in [0.3, 0.4) is 0 Å². The Morgan fingerprint density at radius 2 is 1.69 bits per heavy atom. The number of aryl methyl sites for hydroxylation is 1. The van der Waals surface area contributed by atoms with E-state index in [0.717, 1.165) is 11.1 Å². The number of amides is 1. The summed E-state index contributed by atoms with van der Waals surface area (Å²) in [4.78, 5) is 13.1. The van der Waals surface area contributed by atoms with Crippen LogP contribution in [0.1, 0.15) is 35.3 Å². The van der Waals surface area contributed by atoms with E-state index in [1.807, 2.05) is 0 Å². The van der Waals surface area contributed by atoms with Gasteiger partial charge in [0.05, 0.1) is 4.90 Å². The van der Waals surface area contributed by atoms with Gasteiger partial charge in [0, 0.05) is 29.2 Å². The number of halogens is 2. The molecule has 0 fully saturated rings. The Balaban J connectivity index is 2.33. The van der Waals surface area contributed by atoms with Gasteiger partial charge >= 0.3 is 0 Å². The van der Waals surface area contributed by atoms with Gasteiger partial charge in [0.1, 0.15) is 0 Å². The monoisotopic (exact) mass is 442 g/mol. The maximum Gasteiger partial charge on any atom is 0.288 e. The fourth-order valence-corrected chi connectivity index (χ4v) is 4.87. The molecule has 1 N–H and O–H groups in total. The van der Waals surface area contributed by atoms with Crippen LogP contribution in [0.25, 0.3) is 0 Å². The Kier molecular flexibility index (Phi) is 7.79. The lowest BCUT2D eigenvalue weighted by atomic mass is 10.1. The molecule has 1 amide bonds. The van der Waals surface area contributed by atoms with Crippen LogP contribution in [0, 0.1) is 13.8 Å². The van der Waals surface area contributed by atoms with Crippen LogP contribution in [0.15, 0.2) is 46.2 Å². The van der Waals surface area contributed by atoms with Crippen LogP contribution in [0.5, 0.6) is 0 Å². The van der Waals surface area contributed by atoms with Gasteiger partial charge in [0.15, 0.2) is 0 Å². The zero-order valence-corrected chi connectivity index (χ0v) is 18.3. The first-order valence-corrected chi connectivity index (χ1v) is 11.4. The molecule has 0 saturated carbocycles. The van der Waals surface area contributed by atoms with Crippen LogP contribution in [-0.2, 0) is 10.0 Å². The predicted octanol–water partition coefficient (Wildman–Crippen LogP) is 4.90. The maximum atomic E-state index is 12.8. The fourth-order valence-electron chi connectivity index (χ4n) is 2.80. The highest BCUT2D eigenvalue weighted by molar-refractivity contribution is 7.99. The molecular formula is C20H24F2N2O3S2. The molecule has 158 valence electrons. The summed E-state index contributed by atoms with van der Waals surface area (Å²) in [7, 11) is -3.67. The lowest BCUT2D eigenvalue weighted by Gasteiger charge is -2.20. The quantitative estimate of drug-likeness (QED) is 0.591. The molecule has 0 heterocycles. The number of carbonyl (C=O) groups is 1. The van der Waals surface area contributed by atoms with Crippen LogP contribution < -0.4 is 5.32 Å². The number of carbonyl (C=O) groups excluding carboxylic acids is 1. The molecule has 0 aliphatic rings. The molecule has 2 rings (SSSR count). The van der Waals surface area contributed by atoms with Crippen molar-refractivity contribution in [3.05, 3.63) is 53.1 Å². The molecule has 0 aromatic heterocycles. The van der Waals surface area contributed by atoms with Crippen molar-refractivity contribution in [2.75, 3.05) is 18.4 Å². The minimum Gasteiger partial charge on any atom is -0.322 e. The first-order chi connectivity index (χ1) is 13.6. The number of nitrogens with one attached hydrogen (secondary N) is 1. The van der Waals surface area contributed by atoms with E-state index in [9.17, 15) is 22.0 Å². The number of hydrogen-bond donors (Lipinski definition) is 1. The normalized spacial score (nSPS) is 11.9. The Morgan fingerprint density at radius 3 is 2.21 bits per heavy atom. The van der Waals surface area contributed by atoms with Gasteiger partial charge in [-0.1, -0.05) is 25.6 Å². The van der Waals surface area contributed by atoms with Gasteiger partial charge in [-0.3, -0.25) is 4.79 Å². The van der Waals surface area contributed by atoms with Gasteiger partial charge in [0.2, 0.25) is 10.0 Å². The van der Waals surface area contributed by atoms with Crippen molar-refractivity contribution in [3.8, 4) is 0 Å². The Hall–Kier alpha value is -1.97. The minimum absolute atomic E-state index is 0.114. The largest absolute Gasteiger partial charge is 0.322 e. The lowest BCUT2D eigenvalue weighted by molar-refractivity contribution is 0.102. The molecular weight excluding hydrogens is 418 g/mol. The summed E-state index contributed by atoms with van der Waals surface area (Å²) >= 11 is 0.402. The number of anilines is 1. The fraction of sp³-hybridized carbons (Fsp3) is 0.350. The second kappa shape index (κ2) is 9.69. The van der Waals surface area contributed by atoms with E-state index in [4.69, 9.17) is 0 Å². The van der Waals surface area contributed by atoms with E-state index in [-0.39, 0.29) is 10.5 Å². The van der Waals surface area contributed by atoms with Crippen LogP contribution in [0.4, 0.5) is 14.5 Å². The topological polar surface area (TPSA) is 66.5 Å². The van der Waals surface area contributed by atoms with E-state index in [1.54, 1.807) is 33.8 Å². The number of benzene rings is 2. The Morgan fingerprint density at radius 1 is 1.10 bits per heavy atom. The molecule has 2 aromatic rings. The number of sulfonamides is 1. The van der Waals surface area contributed by atoms with Gasteiger partial charge in [-0.2, -0.15) is 13.1 Å². The first kappa shape index (κ1) is 23.3. The Labute approximate surface area is 174 Å². The van der Waals surface area contributed by atoms with Crippen LogP contribution in [-0.4, -0.2) is 37.5 Å². The number of rotatable bonds is 8. The van der Waals surface area contributed by atoms with E-state index >= 15 is 0 Å². The van der Waals surface area contributed by atoms with Crippen molar-refractivity contribution in [3.63, 3.8) is 0 Å². The summed E-state index contributed by atoms with van der Waals surface area (Å²) in [6.45, 7) is 7.79. The molecule has 0 saturated heterocycles. The molecule has 0 unspecified atom stereocenters. The molecule has 5 nitrogen and oxygen atoms in total. The van der Waals surface area contributed by atoms with Gasteiger partial charge in [-0.25, -0.2) is 8.42 Å². The van der Waals surface area contributed by atoms with Crippen molar-refractivity contribution in [1.82, 2.24) is 4.31 Å². The van der Waals surface area contributed by atoms with Gasteiger partial charge < -0.3 is 5.32 Å². The lowest BCUT2D eigenvalue weighted by Crippen LogP contribution is -2.30. The molecule has 0 radical (unpaired) electrons. The van der Waals surface area contributed by atoms with Crippen molar-refractivity contribution < 1.29 is 22.0 Å². The van der Waals surface area contributed by atoms with Crippen LogP contribution in [0.2, 0.25) is 0 Å². The zero-order chi connectivity index (χ0) is 21.8. The number of thioether (sulfide) groups is 1. The highest BCUT2D eigenvalue weighted by atomic mass is 32.2. The summed E-state index contributed by atoms with van der Waals surface area (Å²) in [5.74, 6) is -2.98. The molecule has 0 aliphatic heterocycles. The summed E-state index contributed by atoms with van der Waals surface area (Å²) in [5.41, 5.74) is 2.17. The third-order valence-corrected chi connectivity index (χ3v) is 7.32. The first-order valence-electron chi connectivity index (χ1n) is 9.07.